The van der Waals surface area contributed by atoms with E-state index in [1.54, 1.807) is 23.5 Å². The highest BCUT2D eigenvalue weighted by Crippen LogP contribution is 2.34. The molecule has 0 spiro atoms. The van der Waals surface area contributed by atoms with Crippen molar-refractivity contribution in [3.8, 4) is 0 Å². The molecule has 158 valence electrons. The maximum absolute atomic E-state index is 12.8. The summed E-state index contributed by atoms with van der Waals surface area (Å²) in [6.45, 7) is 0. The second-order valence-corrected chi connectivity index (χ2v) is 9.35. The van der Waals surface area contributed by atoms with Gasteiger partial charge in [0.05, 0.1) is 10.0 Å². The number of anilines is 1. The summed E-state index contributed by atoms with van der Waals surface area (Å²) in [5.41, 5.74) is 3.50. The van der Waals surface area contributed by atoms with Crippen LogP contribution in [-0.4, -0.2) is 29.1 Å². The maximum atomic E-state index is 12.8. The molecule has 1 aliphatic rings. The Balaban J connectivity index is 1.39. The van der Waals surface area contributed by atoms with Crippen molar-refractivity contribution in [2.45, 2.75) is 23.8 Å². The lowest BCUT2D eigenvalue weighted by Gasteiger charge is -2.30. The highest BCUT2D eigenvalue weighted by Gasteiger charge is 2.37. The molecule has 0 radical (unpaired) electrons. The summed E-state index contributed by atoms with van der Waals surface area (Å²) < 4.78 is 1.70. The lowest BCUT2D eigenvalue weighted by Crippen LogP contribution is -2.46. The Kier molecular flexibility index (Phi) is 6.68. The number of nitrogens with one attached hydrogen (secondary N) is 1. The first kappa shape index (κ1) is 21.9. The molecular weight excluding hydrogens is 451 g/mol. The monoisotopic (exact) mass is 470 g/mol. The van der Waals surface area contributed by atoms with E-state index in [0.29, 0.717) is 21.3 Å². The molecule has 0 fully saturated rings. The van der Waals surface area contributed by atoms with E-state index in [4.69, 9.17) is 23.2 Å². The molecule has 0 aliphatic carbocycles. The van der Waals surface area contributed by atoms with E-state index >= 15 is 0 Å². The normalized spacial score (nSPS) is 16.1. The molecule has 1 N–H and O–H groups in total. The van der Waals surface area contributed by atoms with Crippen molar-refractivity contribution in [1.29, 1.82) is 0 Å². The second kappa shape index (κ2) is 9.45. The van der Waals surface area contributed by atoms with Gasteiger partial charge in [-0.2, -0.15) is 0 Å². The van der Waals surface area contributed by atoms with Gasteiger partial charge in [0.1, 0.15) is 0 Å². The number of amides is 1. The average Bonchev–Trinajstić information content (AvgIpc) is 2.75. The molecule has 0 bridgehead atoms. The van der Waals surface area contributed by atoms with E-state index in [9.17, 15) is 9.59 Å². The van der Waals surface area contributed by atoms with Crippen molar-refractivity contribution >= 4 is 52.5 Å². The molecular formula is C24H20Cl2N2O2S. The zero-order chi connectivity index (χ0) is 22.0. The summed E-state index contributed by atoms with van der Waals surface area (Å²) in [5, 5.41) is 3.98. The minimum atomic E-state index is -0.866. The lowest BCUT2D eigenvalue weighted by atomic mass is 10.0. The zero-order valence-corrected chi connectivity index (χ0v) is 19.1. The van der Waals surface area contributed by atoms with E-state index < -0.39 is 6.04 Å². The Hall–Kier alpha value is -2.31. The van der Waals surface area contributed by atoms with Gasteiger partial charge in [-0.05, 0) is 73.3 Å². The third-order valence-electron chi connectivity index (χ3n) is 5.16. The van der Waals surface area contributed by atoms with Crippen molar-refractivity contribution in [2.75, 3.05) is 12.4 Å². The van der Waals surface area contributed by atoms with Crippen molar-refractivity contribution in [3.05, 3.63) is 93.5 Å². The number of halogens is 2. The number of fused-ring (bicyclic) bond motifs is 1. The van der Waals surface area contributed by atoms with Crippen LogP contribution < -0.4 is 5.32 Å². The number of benzene rings is 3. The van der Waals surface area contributed by atoms with Crippen LogP contribution in [0.1, 0.15) is 21.5 Å². The first-order chi connectivity index (χ1) is 14.9. The van der Waals surface area contributed by atoms with E-state index in [1.807, 2.05) is 54.6 Å². The fraction of sp³-hybridized carbons (Fsp3) is 0.167. The number of aryl methyl sites for hydroxylation is 2. The van der Waals surface area contributed by atoms with Gasteiger partial charge in [0.25, 0.3) is 5.91 Å². The first-order valence-corrected chi connectivity index (χ1v) is 11.3. The summed E-state index contributed by atoms with van der Waals surface area (Å²) in [6, 6.07) is 19.8. The number of carbonyl (C=O) groups excluding carboxylic acids is 2. The van der Waals surface area contributed by atoms with Gasteiger partial charge < -0.3 is 5.32 Å². The van der Waals surface area contributed by atoms with Gasteiger partial charge >= 0.3 is 0 Å². The van der Waals surface area contributed by atoms with Crippen LogP contribution in [0.15, 0.2) is 71.6 Å². The fourth-order valence-corrected chi connectivity index (χ4v) is 4.84. The topological polar surface area (TPSA) is 49.4 Å². The fourth-order valence-electron chi connectivity index (χ4n) is 3.50. The standard InChI is InChI=1S/C24H20Cl2N2O2S/c1-28-22(23(29)18-4-2-3-5-21(18)31-28)24(30)27-17-11-8-15(9-12-17)6-7-16-10-13-19(25)20(26)14-16/h2-5,8-14,22H,6-7H2,1H3,(H,27,30). The molecule has 1 heterocycles. The van der Waals surface area contributed by atoms with Crippen LogP contribution in [0.3, 0.4) is 0 Å². The van der Waals surface area contributed by atoms with E-state index in [-0.39, 0.29) is 11.7 Å². The minimum Gasteiger partial charge on any atom is -0.324 e. The Morgan fingerprint density at radius 2 is 1.65 bits per heavy atom. The molecule has 1 aliphatic heterocycles. The van der Waals surface area contributed by atoms with E-state index in [0.717, 1.165) is 28.9 Å². The number of nitrogens with zero attached hydrogens (tertiary/aromatic N) is 1. The minimum absolute atomic E-state index is 0.187. The third kappa shape index (κ3) is 4.96. The quantitative estimate of drug-likeness (QED) is 0.371. The van der Waals surface area contributed by atoms with Gasteiger partial charge in [-0.25, -0.2) is 4.31 Å². The molecule has 0 aromatic heterocycles. The summed E-state index contributed by atoms with van der Waals surface area (Å²) in [5.74, 6) is -0.523. The number of ketones is 1. The first-order valence-electron chi connectivity index (χ1n) is 9.80. The smallest absolute Gasteiger partial charge is 0.250 e. The molecule has 7 heteroatoms. The molecule has 4 nitrogen and oxygen atoms in total. The molecule has 0 saturated carbocycles. The van der Waals surface area contributed by atoms with Crippen LogP contribution >= 0.6 is 35.1 Å². The molecule has 1 unspecified atom stereocenters. The third-order valence-corrected chi connectivity index (χ3v) is 6.95. The van der Waals surface area contributed by atoms with Crippen molar-refractivity contribution in [2.24, 2.45) is 0 Å². The van der Waals surface area contributed by atoms with Crippen LogP contribution in [0.5, 0.6) is 0 Å². The van der Waals surface area contributed by atoms with Gasteiger partial charge in [0.15, 0.2) is 11.8 Å². The Morgan fingerprint density at radius 3 is 2.39 bits per heavy atom. The largest absolute Gasteiger partial charge is 0.324 e. The average molecular weight is 471 g/mol. The number of likely N-dealkylation sites (N-methyl/N-ethyl adjacent to an activating group) is 1. The lowest BCUT2D eigenvalue weighted by molar-refractivity contribution is -0.118. The van der Waals surface area contributed by atoms with Crippen molar-refractivity contribution in [3.63, 3.8) is 0 Å². The van der Waals surface area contributed by atoms with Gasteiger partial charge in [-0.1, -0.05) is 59.6 Å². The summed E-state index contributed by atoms with van der Waals surface area (Å²) in [4.78, 5) is 26.6. The predicted molar refractivity (Wildman–Crippen MR) is 127 cm³/mol. The van der Waals surface area contributed by atoms with Crippen LogP contribution in [-0.2, 0) is 17.6 Å². The van der Waals surface area contributed by atoms with Crippen LogP contribution in [0.2, 0.25) is 10.0 Å². The zero-order valence-electron chi connectivity index (χ0n) is 16.8. The highest BCUT2D eigenvalue weighted by molar-refractivity contribution is 7.97. The maximum Gasteiger partial charge on any atom is 0.250 e. The number of rotatable bonds is 5. The van der Waals surface area contributed by atoms with E-state index in [1.165, 1.54) is 11.9 Å². The molecule has 3 aromatic rings. The summed E-state index contributed by atoms with van der Waals surface area (Å²) in [6.07, 6.45) is 1.67. The van der Waals surface area contributed by atoms with Gasteiger partial charge in [-0.15, -0.1) is 0 Å². The van der Waals surface area contributed by atoms with Crippen LogP contribution in [0, 0.1) is 0 Å². The summed E-state index contributed by atoms with van der Waals surface area (Å²) >= 11 is 13.4. The molecule has 31 heavy (non-hydrogen) atoms. The molecule has 3 aromatic carbocycles. The predicted octanol–water partition coefficient (Wildman–Crippen LogP) is 5.92. The van der Waals surface area contributed by atoms with Gasteiger partial charge in [0, 0.05) is 16.1 Å². The Morgan fingerprint density at radius 1 is 0.968 bits per heavy atom. The number of hydrogen-bond acceptors (Lipinski definition) is 4. The van der Waals surface area contributed by atoms with Crippen molar-refractivity contribution in [1.82, 2.24) is 4.31 Å². The van der Waals surface area contributed by atoms with E-state index in [2.05, 4.69) is 5.32 Å². The molecule has 4 rings (SSSR count). The SMILES string of the molecule is CN1Sc2ccccc2C(=O)C1C(=O)Nc1ccc(CCc2ccc(Cl)c(Cl)c2)cc1. The molecule has 0 saturated heterocycles. The Labute approximate surface area is 195 Å². The van der Waals surface area contributed by atoms with Crippen molar-refractivity contribution < 1.29 is 9.59 Å². The van der Waals surface area contributed by atoms with Crippen LogP contribution in [0.25, 0.3) is 0 Å². The number of hydrogen-bond donors (Lipinski definition) is 1. The van der Waals surface area contributed by atoms with Gasteiger partial charge in [-0.3, -0.25) is 9.59 Å². The second-order valence-electron chi connectivity index (χ2n) is 7.34. The highest BCUT2D eigenvalue weighted by atomic mass is 35.5. The number of carbonyl (C=O) groups is 2. The molecule has 1 amide bonds. The Bertz CT molecular complexity index is 1130. The number of Topliss-reactive ketones (excluding diaryl/α,β-unsaturated/α-hetero) is 1. The van der Waals surface area contributed by atoms with Crippen LogP contribution in [0.4, 0.5) is 5.69 Å². The summed E-state index contributed by atoms with van der Waals surface area (Å²) in [7, 11) is 1.76. The molecule has 1 atom stereocenters. The van der Waals surface area contributed by atoms with Gasteiger partial charge in [0.2, 0.25) is 0 Å².